The molecule has 4 aromatic rings. The van der Waals surface area contributed by atoms with Crippen LogP contribution >= 0.6 is 0 Å². The molecule has 0 fully saturated rings. The third kappa shape index (κ3) is 3.63. The third-order valence-electron chi connectivity index (χ3n) is 6.23. The molecule has 9 heteroatoms. The lowest BCUT2D eigenvalue weighted by Gasteiger charge is -2.25. The predicted octanol–water partition coefficient (Wildman–Crippen LogP) is 3.41. The Morgan fingerprint density at radius 1 is 1.18 bits per heavy atom. The Hall–Kier alpha value is -4.01. The number of fused-ring (bicyclic) bond motifs is 2. The Morgan fingerprint density at radius 3 is 2.71 bits per heavy atom. The van der Waals surface area contributed by atoms with Crippen molar-refractivity contribution in [2.45, 2.75) is 32.9 Å². The first-order chi connectivity index (χ1) is 16.5. The second-order valence-electron chi connectivity index (χ2n) is 8.63. The highest BCUT2D eigenvalue weighted by Gasteiger charge is 2.26. The summed E-state index contributed by atoms with van der Waals surface area (Å²) in [7, 11) is 3.55. The molecule has 1 amide bonds. The maximum Gasteiger partial charge on any atom is 0.246 e. The number of aromatic nitrogens is 6. The van der Waals surface area contributed by atoms with Crippen LogP contribution in [0, 0.1) is 0 Å². The van der Waals surface area contributed by atoms with Crippen LogP contribution in [-0.4, -0.2) is 54.0 Å². The zero-order valence-electron chi connectivity index (χ0n) is 19.8. The summed E-state index contributed by atoms with van der Waals surface area (Å²) in [5, 5.41) is 9.35. The molecule has 4 heterocycles. The van der Waals surface area contributed by atoms with E-state index in [2.05, 4.69) is 34.1 Å². The average Bonchev–Trinajstić information content (AvgIpc) is 3.41. The average molecular weight is 458 g/mol. The first-order valence-electron chi connectivity index (χ1n) is 11.3. The van der Waals surface area contributed by atoms with E-state index in [0.29, 0.717) is 19.0 Å². The fraction of sp³-hybridized carbons (Fsp3) is 0.320. The first-order valence-corrected chi connectivity index (χ1v) is 11.3. The normalized spacial score (nSPS) is 13.7. The van der Waals surface area contributed by atoms with Gasteiger partial charge in [0.05, 0.1) is 30.4 Å². The number of hydrogen-bond donors (Lipinski definition) is 0. The smallest absolute Gasteiger partial charge is 0.246 e. The second kappa shape index (κ2) is 8.74. The summed E-state index contributed by atoms with van der Waals surface area (Å²) in [6, 6.07) is 10.3. The number of amides is 1. The molecular formula is C25H27N7O2. The molecule has 0 saturated carbocycles. The molecule has 1 aliphatic heterocycles. The van der Waals surface area contributed by atoms with Crippen LogP contribution < -0.4 is 4.74 Å². The molecule has 1 aromatic carbocycles. The molecular weight excluding hydrogens is 430 g/mol. The van der Waals surface area contributed by atoms with Crippen LogP contribution in [0.4, 0.5) is 0 Å². The summed E-state index contributed by atoms with van der Waals surface area (Å²) in [5.74, 6) is 0.402. The molecule has 174 valence electrons. The molecule has 0 saturated heterocycles. The lowest BCUT2D eigenvalue weighted by molar-refractivity contribution is -0.126. The van der Waals surface area contributed by atoms with E-state index in [-0.39, 0.29) is 11.9 Å². The lowest BCUT2D eigenvalue weighted by atomic mass is 10.1. The highest BCUT2D eigenvalue weighted by atomic mass is 16.5. The van der Waals surface area contributed by atoms with Gasteiger partial charge in [0.25, 0.3) is 0 Å². The van der Waals surface area contributed by atoms with Crippen molar-refractivity contribution in [1.82, 2.24) is 34.4 Å². The van der Waals surface area contributed by atoms with Gasteiger partial charge in [0.1, 0.15) is 17.7 Å². The Morgan fingerprint density at radius 2 is 1.97 bits per heavy atom. The van der Waals surface area contributed by atoms with Gasteiger partial charge in [0.15, 0.2) is 0 Å². The quantitative estimate of drug-likeness (QED) is 0.427. The van der Waals surface area contributed by atoms with Crippen molar-refractivity contribution in [3.63, 3.8) is 0 Å². The Balaban J connectivity index is 1.52. The fourth-order valence-electron chi connectivity index (χ4n) is 4.61. The topological polar surface area (TPSA) is 91.0 Å². The van der Waals surface area contributed by atoms with Crippen LogP contribution in [0.5, 0.6) is 5.88 Å². The van der Waals surface area contributed by atoms with Crippen molar-refractivity contribution in [3.05, 3.63) is 59.7 Å². The molecule has 34 heavy (non-hydrogen) atoms. The summed E-state index contributed by atoms with van der Waals surface area (Å²) >= 11 is 0. The molecule has 1 aliphatic rings. The number of ether oxygens (including phenoxy) is 1. The molecule has 0 aliphatic carbocycles. The van der Waals surface area contributed by atoms with Gasteiger partial charge in [-0.25, -0.2) is 14.6 Å². The molecule has 0 N–H and O–H groups in total. The summed E-state index contributed by atoms with van der Waals surface area (Å²) < 4.78 is 9.50. The van der Waals surface area contributed by atoms with Gasteiger partial charge in [-0.15, -0.1) is 5.10 Å². The number of methoxy groups -OCH3 is 1. The van der Waals surface area contributed by atoms with E-state index in [1.165, 1.54) is 6.33 Å². The van der Waals surface area contributed by atoms with Crippen LogP contribution in [0.2, 0.25) is 0 Å². The highest BCUT2D eigenvalue weighted by molar-refractivity contribution is 6.02. The molecule has 3 aromatic heterocycles. The van der Waals surface area contributed by atoms with E-state index >= 15 is 0 Å². The van der Waals surface area contributed by atoms with Gasteiger partial charge in [-0.3, -0.25) is 4.79 Å². The molecule has 0 radical (unpaired) electrons. The zero-order chi connectivity index (χ0) is 23.8. The second-order valence-corrected chi connectivity index (χ2v) is 8.63. The number of aryl methyl sites for hydroxylation is 1. The zero-order valence-corrected chi connectivity index (χ0v) is 19.8. The van der Waals surface area contributed by atoms with Crippen LogP contribution in [0.1, 0.15) is 36.8 Å². The van der Waals surface area contributed by atoms with E-state index < -0.39 is 0 Å². The molecule has 5 rings (SSSR count). The monoisotopic (exact) mass is 457 g/mol. The number of carbonyl (C=O) groups excluding carboxylic acids is 1. The maximum absolute atomic E-state index is 13.2. The van der Waals surface area contributed by atoms with E-state index in [1.807, 2.05) is 52.7 Å². The third-order valence-corrected chi connectivity index (χ3v) is 6.23. The van der Waals surface area contributed by atoms with Crippen LogP contribution in [0.3, 0.4) is 0 Å². The number of benzene rings is 1. The summed E-state index contributed by atoms with van der Waals surface area (Å²) in [4.78, 5) is 23.8. The van der Waals surface area contributed by atoms with Crippen LogP contribution in [0.25, 0.3) is 28.4 Å². The summed E-state index contributed by atoms with van der Waals surface area (Å²) in [5.41, 5.74) is 5.53. The van der Waals surface area contributed by atoms with Gasteiger partial charge in [-0.05, 0) is 25.5 Å². The van der Waals surface area contributed by atoms with Gasteiger partial charge in [0, 0.05) is 37.7 Å². The Kier molecular flexibility index (Phi) is 5.61. The molecule has 0 spiro atoms. The van der Waals surface area contributed by atoms with E-state index in [0.717, 1.165) is 45.7 Å². The van der Waals surface area contributed by atoms with Crippen LogP contribution in [0.15, 0.2) is 42.7 Å². The van der Waals surface area contributed by atoms with Crippen molar-refractivity contribution >= 4 is 23.0 Å². The van der Waals surface area contributed by atoms with Gasteiger partial charge in [-0.2, -0.15) is 0 Å². The van der Waals surface area contributed by atoms with Crippen molar-refractivity contribution in [2.24, 2.45) is 7.05 Å². The largest absolute Gasteiger partial charge is 0.480 e. The number of hydrogen-bond acceptors (Lipinski definition) is 6. The number of rotatable bonds is 5. The molecule has 0 atom stereocenters. The van der Waals surface area contributed by atoms with Crippen molar-refractivity contribution < 1.29 is 9.53 Å². The molecule has 0 bridgehead atoms. The molecule has 9 nitrogen and oxygen atoms in total. The minimum absolute atomic E-state index is 0.0726. The maximum atomic E-state index is 13.2. The summed E-state index contributed by atoms with van der Waals surface area (Å²) in [6.07, 6.45) is 5.69. The van der Waals surface area contributed by atoms with Gasteiger partial charge in [-0.1, -0.05) is 35.5 Å². The minimum atomic E-state index is -0.0726. The van der Waals surface area contributed by atoms with Crippen molar-refractivity contribution in [3.8, 4) is 17.1 Å². The highest BCUT2D eigenvalue weighted by Crippen LogP contribution is 2.37. The number of carbonyl (C=O) groups is 1. The van der Waals surface area contributed by atoms with E-state index in [9.17, 15) is 4.79 Å². The van der Waals surface area contributed by atoms with Crippen LogP contribution in [-0.2, 0) is 24.8 Å². The van der Waals surface area contributed by atoms with E-state index in [4.69, 9.17) is 4.74 Å². The van der Waals surface area contributed by atoms with Gasteiger partial charge < -0.3 is 14.2 Å². The first kappa shape index (κ1) is 21.8. The Labute approximate surface area is 197 Å². The standard InChI is InChI=1S/C25H27N7O2/c1-16(2)32-20-12-13-31(14-19(20)28-29-32)21(33)11-10-18-22-24(26-15-27-25(22)34-4)30(3)23(18)17-8-6-5-7-9-17/h5-11,15-16H,12-14H2,1-4H3/b11-10+. The Bertz CT molecular complexity index is 1390. The number of nitrogens with zero attached hydrogens (tertiary/aromatic N) is 7. The van der Waals surface area contributed by atoms with Gasteiger partial charge in [0.2, 0.25) is 11.8 Å². The predicted molar refractivity (Wildman–Crippen MR) is 129 cm³/mol. The van der Waals surface area contributed by atoms with Gasteiger partial charge >= 0.3 is 0 Å². The van der Waals surface area contributed by atoms with Crippen molar-refractivity contribution in [2.75, 3.05) is 13.7 Å². The minimum Gasteiger partial charge on any atom is -0.480 e. The SMILES string of the molecule is COc1ncnc2c1c(/C=C/C(=O)N1CCc3c(nnn3C(C)C)C1)c(-c1ccccc1)n2C. The molecule has 0 unspecified atom stereocenters. The van der Waals surface area contributed by atoms with E-state index in [1.54, 1.807) is 18.1 Å². The lowest BCUT2D eigenvalue weighted by Crippen LogP contribution is -2.35. The summed E-state index contributed by atoms with van der Waals surface area (Å²) in [6.45, 7) is 5.26. The fourth-order valence-corrected chi connectivity index (χ4v) is 4.61. The van der Waals surface area contributed by atoms with Crippen molar-refractivity contribution in [1.29, 1.82) is 0 Å².